The highest BCUT2D eigenvalue weighted by Crippen LogP contribution is 2.25. The van der Waals surface area contributed by atoms with Crippen molar-refractivity contribution < 1.29 is 4.74 Å². The number of benzene rings is 2. The van der Waals surface area contributed by atoms with Gasteiger partial charge in [-0.1, -0.05) is 47.5 Å². The highest BCUT2D eigenvalue weighted by atomic mass is 35.5. The van der Waals surface area contributed by atoms with Gasteiger partial charge in [-0.25, -0.2) is 5.43 Å². The highest BCUT2D eigenvalue weighted by molar-refractivity contribution is 6.42. The molecule has 100 valence electrons. The molecule has 0 aliphatic carbocycles. The van der Waals surface area contributed by atoms with Gasteiger partial charge in [0.05, 0.1) is 16.1 Å². The van der Waals surface area contributed by atoms with Crippen LogP contribution >= 0.6 is 23.2 Å². The van der Waals surface area contributed by atoms with Crippen molar-refractivity contribution in [3.05, 3.63) is 64.1 Å². The predicted octanol–water partition coefficient (Wildman–Crippen LogP) is 3.58. The number of ether oxygens (including phenoxy) is 1. The van der Waals surface area contributed by atoms with Crippen LogP contribution in [-0.2, 0) is 0 Å². The number of para-hydroxylation sites is 1. The van der Waals surface area contributed by atoms with Crippen LogP contribution in [0.4, 0.5) is 0 Å². The molecule has 0 saturated carbocycles. The molecular formula is C14H14Cl2N2O. The van der Waals surface area contributed by atoms with Crippen LogP contribution in [0.15, 0.2) is 48.5 Å². The smallest absolute Gasteiger partial charge is 0.119 e. The Balaban J connectivity index is 2.05. The molecule has 2 aromatic carbocycles. The monoisotopic (exact) mass is 296 g/mol. The molecule has 0 bridgehead atoms. The van der Waals surface area contributed by atoms with Crippen molar-refractivity contribution in [2.45, 2.75) is 6.04 Å². The fourth-order valence-corrected chi connectivity index (χ4v) is 1.97. The van der Waals surface area contributed by atoms with E-state index in [1.54, 1.807) is 12.1 Å². The molecule has 5 heteroatoms. The number of hydrazine groups is 1. The molecular weight excluding hydrogens is 283 g/mol. The number of hydrogen-bond acceptors (Lipinski definition) is 3. The summed E-state index contributed by atoms with van der Waals surface area (Å²) < 4.78 is 5.66. The van der Waals surface area contributed by atoms with Gasteiger partial charge in [-0.05, 0) is 29.8 Å². The third-order valence-corrected chi connectivity index (χ3v) is 3.45. The van der Waals surface area contributed by atoms with E-state index in [1.165, 1.54) is 0 Å². The largest absolute Gasteiger partial charge is 0.492 e. The van der Waals surface area contributed by atoms with Gasteiger partial charge in [-0.2, -0.15) is 0 Å². The van der Waals surface area contributed by atoms with Crippen LogP contribution in [0.5, 0.6) is 5.75 Å². The van der Waals surface area contributed by atoms with Crippen molar-refractivity contribution in [2.24, 2.45) is 5.84 Å². The van der Waals surface area contributed by atoms with Gasteiger partial charge in [0.1, 0.15) is 12.4 Å². The normalized spacial score (nSPS) is 12.2. The van der Waals surface area contributed by atoms with Crippen LogP contribution in [0, 0.1) is 0 Å². The van der Waals surface area contributed by atoms with Gasteiger partial charge in [0, 0.05) is 0 Å². The van der Waals surface area contributed by atoms with Crippen LogP contribution in [0.1, 0.15) is 11.6 Å². The Bertz CT molecular complexity index is 534. The first kappa shape index (κ1) is 14.2. The van der Waals surface area contributed by atoms with Gasteiger partial charge < -0.3 is 4.74 Å². The van der Waals surface area contributed by atoms with Crippen LogP contribution in [0.25, 0.3) is 0 Å². The molecule has 0 heterocycles. The molecule has 0 radical (unpaired) electrons. The minimum Gasteiger partial charge on any atom is -0.492 e. The van der Waals surface area contributed by atoms with E-state index >= 15 is 0 Å². The summed E-state index contributed by atoms with van der Waals surface area (Å²) in [6.45, 7) is 0.401. The summed E-state index contributed by atoms with van der Waals surface area (Å²) in [6.07, 6.45) is 0. The SMILES string of the molecule is NNC(COc1ccccc1)c1ccc(Cl)c(Cl)c1. The zero-order valence-electron chi connectivity index (χ0n) is 10.1. The molecule has 1 unspecified atom stereocenters. The summed E-state index contributed by atoms with van der Waals surface area (Å²) in [5, 5.41) is 1.02. The summed E-state index contributed by atoms with van der Waals surface area (Å²) in [6, 6.07) is 14.8. The molecule has 0 fully saturated rings. The molecule has 2 rings (SSSR count). The van der Waals surface area contributed by atoms with E-state index in [0.717, 1.165) is 11.3 Å². The molecule has 19 heavy (non-hydrogen) atoms. The van der Waals surface area contributed by atoms with Crippen LogP contribution in [0.3, 0.4) is 0 Å². The molecule has 0 aliphatic rings. The number of nitrogens with two attached hydrogens (primary N) is 1. The molecule has 3 N–H and O–H groups in total. The number of halogens is 2. The van der Waals surface area contributed by atoms with Gasteiger partial charge in [0.2, 0.25) is 0 Å². The van der Waals surface area contributed by atoms with E-state index in [9.17, 15) is 0 Å². The fourth-order valence-electron chi connectivity index (χ4n) is 1.67. The number of rotatable bonds is 5. The lowest BCUT2D eigenvalue weighted by molar-refractivity contribution is 0.267. The molecule has 0 spiro atoms. The minimum atomic E-state index is -0.157. The second kappa shape index (κ2) is 6.78. The fraction of sp³-hybridized carbons (Fsp3) is 0.143. The van der Waals surface area contributed by atoms with E-state index in [0.29, 0.717) is 16.7 Å². The summed E-state index contributed by atoms with van der Waals surface area (Å²) >= 11 is 11.9. The lowest BCUT2D eigenvalue weighted by Gasteiger charge is -2.17. The van der Waals surface area contributed by atoms with Gasteiger partial charge >= 0.3 is 0 Å². The first-order valence-electron chi connectivity index (χ1n) is 5.79. The average Bonchev–Trinajstić information content (AvgIpc) is 2.44. The Labute approximate surface area is 122 Å². The van der Waals surface area contributed by atoms with Gasteiger partial charge in [-0.15, -0.1) is 0 Å². The third-order valence-electron chi connectivity index (χ3n) is 2.71. The Morgan fingerprint density at radius 1 is 1.05 bits per heavy atom. The molecule has 0 aliphatic heterocycles. The van der Waals surface area contributed by atoms with Crippen LogP contribution in [0.2, 0.25) is 10.0 Å². The highest BCUT2D eigenvalue weighted by Gasteiger charge is 2.12. The van der Waals surface area contributed by atoms with Crippen molar-refractivity contribution in [3.8, 4) is 5.75 Å². The molecule has 0 saturated heterocycles. The first-order valence-corrected chi connectivity index (χ1v) is 6.55. The lowest BCUT2D eigenvalue weighted by atomic mass is 10.1. The predicted molar refractivity (Wildman–Crippen MR) is 78.5 cm³/mol. The van der Waals surface area contributed by atoms with E-state index in [-0.39, 0.29) is 6.04 Å². The van der Waals surface area contributed by atoms with Crippen molar-refractivity contribution >= 4 is 23.2 Å². The first-order chi connectivity index (χ1) is 9.20. The lowest BCUT2D eigenvalue weighted by Crippen LogP contribution is -2.32. The Morgan fingerprint density at radius 3 is 2.42 bits per heavy atom. The zero-order chi connectivity index (χ0) is 13.7. The van der Waals surface area contributed by atoms with Crippen LogP contribution in [-0.4, -0.2) is 6.61 Å². The number of nitrogens with one attached hydrogen (secondary N) is 1. The third kappa shape index (κ3) is 3.85. The second-order valence-corrected chi connectivity index (χ2v) is 4.83. The second-order valence-electron chi connectivity index (χ2n) is 4.02. The molecule has 1 atom stereocenters. The molecule has 3 nitrogen and oxygen atoms in total. The van der Waals surface area contributed by atoms with E-state index in [1.807, 2.05) is 36.4 Å². The molecule has 2 aromatic rings. The maximum Gasteiger partial charge on any atom is 0.119 e. The Kier molecular flexibility index (Phi) is 5.05. The quantitative estimate of drug-likeness (QED) is 0.655. The summed E-state index contributed by atoms with van der Waals surface area (Å²) in [7, 11) is 0. The number of hydrogen-bond donors (Lipinski definition) is 2. The van der Waals surface area contributed by atoms with Crippen molar-refractivity contribution in [3.63, 3.8) is 0 Å². The van der Waals surface area contributed by atoms with Crippen molar-refractivity contribution in [1.82, 2.24) is 5.43 Å². The Morgan fingerprint density at radius 2 is 1.79 bits per heavy atom. The Hall–Kier alpha value is -1.26. The molecule has 0 amide bonds. The maximum atomic E-state index is 5.99. The summed E-state index contributed by atoms with van der Waals surface area (Å²) in [5.74, 6) is 6.35. The van der Waals surface area contributed by atoms with Gasteiger partial charge in [-0.3, -0.25) is 5.84 Å². The average molecular weight is 297 g/mol. The van der Waals surface area contributed by atoms with E-state index in [4.69, 9.17) is 33.8 Å². The maximum absolute atomic E-state index is 5.99. The van der Waals surface area contributed by atoms with Crippen molar-refractivity contribution in [2.75, 3.05) is 6.61 Å². The molecule has 0 aromatic heterocycles. The standard InChI is InChI=1S/C14H14Cl2N2O/c15-12-7-6-10(8-13(12)16)14(18-17)9-19-11-4-2-1-3-5-11/h1-8,14,18H,9,17H2. The van der Waals surface area contributed by atoms with E-state index < -0.39 is 0 Å². The zero-order valence-corrected chi connectivity index (χ0v) is 11.7. The minimum absolute atomic E-state index is 0.157. The summed E-state index contributed by atoms with van der Waals surface area (Å²) in [5.41, 5.74) is 3.63. The van der Waals surface area contributed by atoms with E-state index in [2.05, 4.69) is 5.43 Å². The van der Waals surface area contributed by atoms with Crippen LogP contribution < -0.4 is 16.0 Å². The van der Waals surface area contributed by atoms with Crippen molar-refractivity contribution in [1.29, 1.82) is 0 Å². The summed E-state index contributed by atoms with van der Waals surface area (Å²) in [4.78, 5) is 0. The van der Waals surface area contributed by atoms with Gasteiger partial charge in [0.15, 0.2) is 0 Å². The van der Waals surface area contributed by atoms with Gasteiger partial charge in [0.25, 0.3) is 0 Å². The topological polar surface area (TPSA) is 47.3 Å².